The Balaban J connectivity index is -0.000000129. The van der Waals surface area contributed by atoms with Gasteiger partial charge in [0.15, 0.2) is 0 Å². The topological polar surface area (TPSA) is 111 Å². The average molecular weight is 1460 g/mol. The van der Waals surface area contributed by atoms with Crippen molar-refractivity contribution in [2.45, 2.75) is 160 Å². The van der Waals surface area contributed by atoms with Gasteiger partial charge in [0.05, 0.1) is 113 Å². The molecule has 31 heteroatoms. The van der Waals surface area contributed by atoms with Crippen LogP contribution in [-0.2, 0) is 220 Å². The maximum Gasteiger partial charge on any atom is 6.00 e. The van der Waals surface area contributed by atoms with E-state index in [4.69, 9.17) is 199 Å². The van der Waals surface area contributed by atoms with Crippen molar-refractivity contribution in [2.75, 3.05) is 79.3 Å². The molecule has 0 aliphatic carbocycles. The summed E-state index contributed by atoms with van der Waals surface area (Å²) in [5.41, 5.74) is -13.9. The first-order valence-corrected chi connectivity index (χ1v) is 44.2. The van der Waals surface area contributed by atoms with Crippen molar-refractivity contribution in [1.29, 1.82) is 0 Å². The van der Waals surface area contributed by atoms with E-state index in [0.29, 0.717) is 79.3 Å². The minimum Gasteiger partial charge on any atom is -0.691 e. The van der Waals surface area contributed by atoms with Gasteiger partial charge in [-0.2, -0.15) is 0 Å². The molecule has 0 atom stereocenters. The van der Waals surface area contributed by atoms with Crippen molar-refractivity contribution in [2.24, 2.45) is 0 Å². The van der Waals surface area contributed by atoms with Crippen LogP contribution in [0.5, 0.6) is 0 Å². The van der Waals surface area contributed by atoms with Crippen molar-refractivity contribution < 1.29 is 75.4 Å². The second-order valence-electron chi connectivity index (χ2n) is 12.7. The van der Waals surface area contributed by atoms with Gasteiger partial charge in [-0.1, -0.05) is 154 Å². The minimum atomic E-state index is -2.31. The van der Waals surface area contributed by atoms with Crippen LogP contribution in [0.25, 0.3) is 0 Å². The molecule has 0 saturated carbocycles. The molecular formula is C36H84O12P6S12W. The van der Waals surface area contributed by atoms with Gasteiger partial charge in [-0.3, -0.25) is 0 Å². The van der Waals surface area contributed by atoms with Gasteiger partial charge in [-0.25, -0.2) is 0 Å². The van der Waals surface area contributed by atoms with Crippen LogP contribution in [0.4, 0.5) is 0 Å². The van der Waals surface area contributed by atoms with Crippen LogP contribution in [0.3, 0.4) is 0 Å². The standard InChI is InChI=1S/6C6H15O2PS2.W/c6*1-3-5-7-9(10,11)8-6-4-2;/h6*3-6H2,1-2H3,(H,10,11);/q;;;;;;+6/p-6. The molecule has 0 aromatic carbocycles. The molecule has 0 aromatic heterocycles. The third-order valence-electron chi connectivity index (χ3n) is 5.44. The number of hydrogen-bond acceptors (Lipinski definition) is 24. The molecule has 0 aromatic rings. The molecule has 0 N–H and O–H groups in total. The normalized spacial score (nSPS) is 11.7. The molecule has 0 heterocycles. The fourth-order valence-corrected chi connectivity index (χ4v) is 13.3. The third kappa shape index (κ3) is 81.2. The van der Waals surface area contributed by atoms with E-state index in [0.717, 1.165) is 77.0 Å². The SMILES string of the molecule is CCCOP(=S)([S-])OCCC.CCCOP(=S)([S-])OCCC.CCCOP(=S)([S-])OCCC.CCCOP(=S)([S-])OCCC.CCCOP(=S)([S-])OCCC.CCCOP(=S)([S-])OCCC.[W+6]. The molecule has 0 bridgehead atoms. The van der Waals surface area contributed by atoms with Gasteiger partial charge in [0.25, 0.3) is 0 Å². The first kappa shape index (κ1) is 87.1. The Morgan fingerprint density at radius 1 is 0.209 bits per heavy atom. The van der Waals surface area contributed by atoms with Gasteiger partial charge < -0.3 is 128 Å². The number of rotatable bonds is 36. The molecule has 12 nitrogen and oxygen atoms in total. The summed E-state index contributed by atoms with van der Waals surface area (Å²) in [4.78, 5) is 0. The first-order valence-electron chi connectivity index (χ1n) is 22.3. The molecule has 0 unspecified atom stereocenters. The van der Waals surface area contributed by atoms with Gasteiger partial charge in [0, 0.05) is 0 Å². The second kappa shape index (κ2) is 59.9. The third-order valence-corrected chi connectivity index (χ3v) is 19.0. The van der Waals surface area contributed by atoms with Crippen LogP contribution < -0.4 is 0 Å². The van der Waals surface area contributed by atoms with Crippen molar-refractivity contribution in [1.82, 2.24) is 0 Å². The van der Waals surface area contributed by atoms with E-state index in [1.165, 1.54) is 0 Å². The largest absolute Gasteiger partial charge is 6.00 e. The first-order chi connectivity index (χ1) is 30.7. The Morgan fingerprint density at radius 2 is 0.269 bits per heavy atom. The fraction of sp³-hybridized carbons (Fsp3) is 1.00. The summed E-state index contributed by atoms with van der Waals surface area (Å²) < 4.78 is 62.4. The Hall–Kier alpha value is 6.21. The van der Waals surface area contributed by atoms with Crippen molar-refractivity contribution in [3.8, 4) is 0 Å². The second-order valence-corrected chi connectivity index (χ2v) is 42.6. The van der Waals surface area contributed by atoms with E-state index in [2.05, 4.69) is 0 Å². The molecule has 0 rings (SSSR count). The zero-order valence-corrected chi connectivity index (χ0v) is 60.0. The molecule has 0 spiro atoms. The molecule has 0 radical (unpaired) electrons. The minimum absolute atomic E-state index is 0. The van der Waals surface area contributed by atoms with Gasteiger partial charge in [0.1, 0.15) is 0 Å². The van der Waals surface area contributed by atoms with E-state index < -0.39 is 34.2 Å². The Labute approximate surface area is 487 Å². The van der Waals surface area contributed by atoms with Gasteiger partial charge in [0.2, 0.25) is 0 Å². The molecule has 0 fully saturated rings. The van der Waals surface area contributed by atoms with Crippen LogP contribution in [0.1, 0.15) is 160 Å². The molecule has 0 aliphatic heterocycles. The van der Waals surface area contributed by atoms with Crippen molar-refractivity contribution >= 4 is 178 Å². The van der Waals surface area contributed by atoms with Gasteiger partial charge >= 0.3 is 21.1 Å². The molecule has 0 aliphatic rings. The predicted octanol–water partition coefficient (Wildman–Crippen LogP) is 15.7. The zero-order chi connectivity index (χ0) is 52.5. The molecule has 67 heavy (non-hydrogen) atoms. The monoisotopic (exact) mass is 1460 g/mol. The Morgan fingerprint density at radius 3 is 0.313 bits per heavy atom. The van der Waals surface area contributed by atoms with Gasteiger partial charge in [-0.05, 0) is 77.0 Å². The summed E-state index contributed by atoms with van der Waals surface area (Å²) in [7, 11) is 0. The van der Waals surface area contributed by atoms with E-state index >= 15 is 0 Å². The van der Waals surface area contributed by atoms with Crippen LogP contribution in [0.2, 0.25) is 0 Å². The number of hydrogen-bond donors (Lipinski definition) is 0. The van der Waals surface area contributed by atoms with Crippen molar-refractivity contribution in [3.63, 3.8) is 0 Å². The van der Waals surface area contributed by atoms with Crippen LogP contribution >= 0.6 is 34.2 Å². The molecule has 408 valence electrons. The summed E-state index contributed by atoms with van der Waals surface area (Å²) in [5.74, 6) is 0. The molecule has 0 saturated heterocycles. The summed E-state index contributed by atoms with van der Waals surface area (Å²) in [6.45, 7) is 31.6. The molecular weight excluding hydrogens is 1380 g/mol. The Kier molecular flexibility index (Phi) is 77.8. The summed E-state index contributed by atoms with van der Waals surface area (Å²) in [5, 5.41) is 0. The summed E-state index contributed by atoms with van der Waals surface area (Å²) >= 11 is 59.5. The summed E-state index contributed by atoms with van der Waals surface area (Å²) in [6, 6.07) is 0. The van der Waals surface area contributed by atoms with E-state index in [-0.39, 0.29) is 21.1 Å². The fourth-order valence-electron chi connectivity index (χ4n) is 2.66. The predicted molar refractivity (Wildman–Crippen MR) is 325 cm³/mol. The maximum atomic E-state index is 5.20. The van der Waals surface area contributed by atoms with Crippen LogP contribution in [-0.4, -0.2) is 79.3 Å². The van der Waals surface area contributed by atoms with Crippen LogP contribution in [0, 0.1) is 0 Å². The van der Waals surface area contributed by atoms with E-state index in [9.17, 15) is 0 Å². The quantitative estimate of drug-likeness (QED) is 0.0438. The van der Waals surface area contributed by atoms with Crippen LogP contribution in [0.15, 0.2) is 0 Å². The summed E-state index contributed by atoms with van der Waals surface area (Å²) in [6.07, 6.45) is 11.2. The van der Waals surface area contributed by atoms with Crippen molar-refractivity contribution in [3.05, 3.63) is 0 Å². The molecule has 0 amide bonds. The van der Waals surface area contributed by atoms with E-state index in [1.807, 2.05) is 83.1 Å². The Bertz CT molecular complexity index is 1030. The average Bonchev–Trinajstić information content (AvgIpc) is 3.27. The van der Waals surface area contributed by atoms with Gasteiger partial charge in [-0.15, -0.1) is 0 Å². The zero-order valence-electron chi connectivity index (χ0n) is 41.9. The maximum absolute atomic E-state index is 5.20. The smallest absolute Gasteiger partial charge is 0.691 e. The van der Waals surface area contributed by atoms with E-state index in [1.54, 1.807) is 0 Å².